The largest absolute Gasteiger partial charge is 0.299 e. The first kappa shape index (κ1) is 10.2. The van der Waals surface area contributed by atoms with Crippen molar-refractivity contribution < 1.29 is 4.79 Å². The Morgan fingerprint density at radius 1 is 1.33 bits per heavy atom. The second-order valence-electron chi connectivity index (χ2n) is 3.58. The van der Waals surface area contributed by atoms with Crippen molar-refractivity contribution in [1.82, 2.24) is 0 Å². The molecule has 0 aliphatic heterocycles. The third-order valence-corrected chi connectivity index (χ3v) is 3.71. The smallest absolute Gasteiger partial charge is 0.139 e. The van der Waals surface area contributed by atoms with Gasteiger partial charge >= 0.3 is 0 Å². The molecular weight excluding hydrogens is 167 g/mol. The predicted molar refractivity (Wildman–Crippen MR) is 55.3 cm³/mol. The minimum atomic E-state index is 0.442. The summed E-state index contributed by atoms with van der Waals surface area (Å²) in [7, 11) is 0.870. The Morgan fingerprint density at radius 2 is 2.00 bits per heavy atom. The quantitative estimate of drug-likeness (QED) is 0.617. The molecule has 70 valence electrons. The molecule has 0 bridgehead atoms. The average Bonchev–Trinajstić information content (AvgIpc) is 2.15. The van der Waals surface area contributed by atoms with Crippen LogP contribution in [-0.4, -0.2) is 18.1 Å². The summed E-state index contributed by atoms with van der Waals surface area (Å²) in [4.78, 5) is 11.6. The Bertz CT molecular complexity index is 139. The van der Waals surface area contributed by atoms with Crippen LogP contribution < -0.4 is 0 Å². The van der Waals surface area contributed by atoms with Gasteiger partial charge in [-0.05, 0) is 19.0 Å². The minimum absolute atomic E-state index is 0.442. The Labute approximate surface area is 77.1 Å². The maximum atomic E-state index is 11.6. The van der Waals surface area contributed by atoms with Crippen molar-refractivity contribution in [2.24, 2.45) is 5.92 Å². The van der Waals surface area contributed by atoms with E-state index in [-0.39, 0.29) is 0 Å². The highest BCUT2D eigenvalue weighted by Crippen LogP contribution is 2.26. The van der Waals surface area contributed by atoms with Gasteiger partial charge in [0.2, 0.25) is 0 Å². The molecule has 0 radical (unpaired) electrons. The summed E-state index contributed by atoms with van der Waals surface area (Å²) in [5.41, 5.74) is 0. The molecule has 0 aromatic carbocycles. The molecule has 1 aliphatic carbocycles. The van der Waals surface area contributed by atoms with E-state index in [0.29, 0.717) is 11.7 Å². The number of rotatable bonds is 4. The van der Waals surface area contributed by atoms with Gasteiger partial charge in [0.25, 0.3) is 0 Å². The van der Waals surface area contributed by atoms with Gasteiger partial charge in [0.1, 0.15) is 5.78 Å². The Morgan fingerprint density at radius 3 is 2.58 bits per heavy atom. The molecule has 0 aromatic rings. The van der Waals surface area contributed by atoms with Crippen LogP contribution in [0.2, 0.25) is 0 Å². The van der Waals surface area contributed by atoms with E-state index >= 15 is 0 Å². The van der Waals surface area contributed by atoms with E-state index < -0.39 is 0 Å². The standard InChI is InChI=1S/C10H19OP/c1-2-12-8-10(11)9-6-4-3-5-7-9/h9,12H,2-8H2,1H3. The van der Waals surface area contributed by atoms with E-state index in [4.69, 9.17) is 0 Å². The van der Waals surface area contributed by atoms with Crippen LogP contribution in [0.25, 0.3) is 0 Å². The van der Waals surface area contributed by atoms with Gasteiger partial charge in [-0.15, -0.1) is 8.58 Å². The molecule has 1 atom stereocenters. The molecule has 0 N–H and O–H groups in total. The zero-order valence-electron chi connectivity index (χ0n) is 7.94. The highest BCUT2D eigenvalue weighted by molar-refractivity contribution is 7.39. The van der Waals surface area contributed by atoms with Gasteiger partial charge in [-0.1, -0.05) is 26.2 Å². The highest BCUT2D eigenvalue weighted by atomic mass is 31.1. The summed E-state index contributed by atoms with van der Waals surface area (Å²) in [5, 5.41) is 0. The number of carbonyl (C=O) groups is 1. The molecule has 0 spiro atoms. The van der Waals surface area contributed by atoms with Crippen molar-refractivity contribution in [3.63, 3.8) is 0 Å². The SMILES string of the molecule is CCPCC(=O)C1CCCCC1. The first-order valence-electron chi connectivity index (χ1n) is 5.08. The maximum Gasteiger partial charge on any atom is 0.139 e. The summed E-state index contributed by atoms with van der Waals surface area (Å²) < 4.78 is 0. The van der Waals surface area contributed by atoms with Crippen molar-refractivity contribution in [2.45, 2.75) is 39.0 Å². The van der Waals surface area contributed by atoms with Crippen molar-refractivity contribution in [1.29, 1.82) is 0 Å². The zero-order valence-corrected chi connectivity index (χ0v) is 8.94. The van der Waals surface area contributed by atoms with E-state index in [1.807, 2.05) is 0 Å². The van der Waals surface area contributed by atoms with Gasteiger partial charge in [0.15, 0.2) is 0 Å². The molecule has 0 saturated heterocycles. The number of hydrogen-bond donors (Lipinski definition) is 0. The second-order valence-corrected chi connectivity index (χ2v) is 5.14. The fourth-order valence-corrected chi connectivity index (χ4v) is 2.60. The van der Waals surface area contributed by atoms with Gasteiger partial charge < -0.3 is 0 Å². The van der Waals surface area contributed by atoms with Crippen LogP contribution in [0, 0.1) is 5.92 Å². The van der Waals surface area contributed by atoms with Crippen LogP contribution in [0.5, 0.6) is 0 Å². The van der Waals surface area contributed by atoms with Crippen LogP contribution in [-0.2, 0) is 4.79 Å². The average molecular weight is 186 g/mol. The lowest BCUT2D eigenvalue weighted by Gasteiger charge is -2.19. The van der Waals surface area contributed by atoms with Gasteiger partial charge in [0, 0.05) is 12.1 Å². The molecule has 1 fully saturated rings. The molecule has 1 aliphatic rings. The van der Waals surface area contributed by atoms with Crippen molar-refractivity contribution in [2.75, 3.05) is 12.3 Å². The van der Waals surface area contributed by atoms with E-state index in [1.54, 1.807) is 0 Å². The highest BCUT2D eigenvalue weighted by Gasteiger charge is 2.19. The third-order valence-electron chi connectivity index (χ3n) is 2.61. The number of carbonyl (C=O) groups excluding carboxylic acids is 1. The van der Waals surface area contributed by atoms with Crippen LogP contribution in [0.15, 0.2) is 0 Å². The molecule has 1 unspecified atom stereocenters. The molecular formula is C10H19OP. The summed E-state index contributed by atoms with van der Waals surface area (Å²) in [6.45, 7) is 2.16. The van der Waals surface area contributed by atoms with Gasteiger partial charge in [0.05, 0.1) is 0 Å². The van der Waals surface area contributed by atoms with E-state index in [2.05, 4.69) is 6.92 Å². The second kappa shape index (κ2) is 5.70. The molecule has 1 rings (SSSR count). The van der Waals surface area contributed by atoms with Crippen LogP contribution in [0.4, 0.5) is 0 Å². The van der Waals surface area contributed by atoms with E-state index in [9.17, 15) is 4.79 Å². The number of ketones is 1. The van der Waals surface area contributed by atoms with Gasteiger partial charge in [-0.25, -0.2) is 0 Å². The van der Waals surface area contributed by atoms with Gasteiger partial charge in [-0.3, -0.25) is 4.79 Å². The maximum absolute atomic E-state index is 11.6. The van der Waals surface area contributed by atoms with Crippen molar-refractivity contribution >= 4 is 14.4 Å². The Balaban J connectivity index is 2.20. The lowest BCUT2D eigenvalue weighted by molar-refractivity contribution is -0.121. The molecule has 0 aromatic heterocycles. The van der Waals surface area contributed by atoms with Crippen molar-refractivity contribution in [3.05, 3.63) is 0 Å². The van der Waals surface area contributed by atoms with E-state index in [0.717, 1.165) is 14.7 Å². The summed E-state index contributed by atoms with van der Waals surface area (Å²) in [6.07, 6.45) is 8.30. The molecule has 12 heavy (non-hydrogen) atoms. The Hall–Kier alpha value is 0.100. The molecule has 2 heteroatoms. The fraction of sp³-hybridized carbons (Fsp3) is 0.900. The fourth-order valence-electron chi connectivity index (χ4n) is 1.82. The van der Waals surface area contributed by atoms with Crippen LogP contribution in [0.3, 0.4) is 0 Å². The molecule has 0 heterocycles. The summed E-state index contributed by atoms with van der Waals surface area (Å²) in [5.74, 6) is 0.993. The molecule has 1 saturated carbocycles. The molecule has 0 amide bonds. The van der Waals surface area contributed by atoms with Gasteiger partial charge in [-0.2, -0.15) is 0 Å². The molecule has 1 nitrogen and oxygen atoms in total. The van der Waals surface area contributed by atoms with E-state index in [1.165, 1.54) is 38.3 Å². The predicted octanol–water partition coefficient (Wildman–Crippen LogP) is 2.83. The normalized spacial score (nSPS) is 20.4. The number of hydrogen-bond acceptors (Lipinski definition) is 1. The first-order valence-corrected chi connectivity index (χ1v) is 6.49. The zero-order chi connectivity index (χ0) is 8.81. The lowest BCUT2D eigenvalue weighted by Crippen LogP contribution is -2.19. The summed E-state index contributed by atoms with van der Waals surface area (Å²) in [6, 6.07) is 0. The minimum Gasteiger partial charge on any atom is -0.299 e. The van der Waals surface area contributed by atoms with Crippen molar-refractivity contribution in [3.8, 4) is 0 Å². The van der Waals surface area contributed by atoms with Crippen LogP contribution >= 0.6 is 8.58 Å². The van der Waals surface area contributed by atoms with Crippen LogP contribution in [0.1, 0.15) is 39.0 Å². The Kier molecular flexibility index (Phi) is 4.83. The number of Topliss-reactive ketones (excluding diaryl/α,β-unsaturated/α-hetero) is 1. The monoisotopic (exact) mass is 186 g/mol. The lowest BCUT2D eigenvalue weighted by atomic mass is 9.87. The first-order chi connectivity index (χ1) is 5.84. The topological polar surface area (TPSA) is 17.1 Å². The third kappa shape index (κ3) is 3.23. The summed E-state index contributed by atoms with van der Waals surface area (Å²) >= 11 is 0.